The predicted molar refractivity (Wildman–Crippen MR) is 130 cm³/mol. The van der Waals surface area contributed by atoms with Crippen LogP contribution in [-0.4, -0.2) is 46.8 Å². The number of nitrogens with zero attached hydrogens (tertiary/aromatic N) is 4. The number of rotatable bonds is 7. The Morgan fingerprint density at radius 1 is 1.31 bits per heavy atom. The number of carbonyl (C=O) groups is 1. The lowest BCUT2D eigenvalue weighted by molar-refractivity contribution is -0.128. The molecular weight excluding hydrogens is 497 g/mol. The summed E-state index contributed by atoms with van der Waals surface area (Å²) in [7, 11) is 2.03. The Hall–Kier alpha value is -1.68. The minimum Gasteiger partial charge on any atom is -0.357 e. The second kappa shape index (κ2) is 11.5. The predicted octanol–water partition coefficient (Wildman–Crippen LogP) is 3.79. The molecule has 1 aromatic heterocycles. The van der Waals surface area contributed by atoms with E-state index in [4.69, 9.17) is 4.99 Å². The van der Waals surface area contributed by atoms with E-state index in [1.807, 2.05) is 18.9 Å². The molecule has 0 bridgehead atoms. The summed E-state index contributed by atoms with van der Waals surface area (Å²) < 4.78 is 0. The van der Waals surface area contributed by atoms with Crippen molar-refractivity contribution >= 4 is 47.2 Å². The van der Waals surface area contributed by atoms with Gasteiger partial charge in [0.15, 0.2) is 5.96 Å². The Balaban J connectivity index is 0.00000300. The maximum absolute atomic E-state index is 11.8. The van der Waals surface area contributed by atoms with E-state index >= 15 is 0 Å². The minimum absolute atomic E-state index is 0. The monoisotopic (exact) mass is 527 g/mol. The number of hydrogen-bond donors (Lipinski definition) is 1. The number of aryl methyl sites for hydroxylation is 1. The van der Waals surface area contributed by atoms with Crippen molar-refractivity contribution in [1.29, 1.82) is 0 Å². The molecule has 0 aliphatic carbocycles. The zero-order valence-electron chi connectivity index (χ0n) is 17.4. The van der Waals surface area contributed by atoms with E-state index in [0.717, 1.165) is 48.3 Å². The normalized spacial score (nSPS) is 14.1. The molecule has 1 aromatic carbocycles. The van der Waals surface area contributed by atoms with Crippen molar-refractivity contribution in [2.45, 2.75) is 46.3 Å². The molecule has 1 aliphatic heterocycles. The number of benzene rings is 1. The van der Waals surface area contributed by atoms with Crippen molar-refractivity contribution in [1.82, 2.24) is 20.1 Å². The minimum atomic E-state index is 0. The van der Waals surface area contributed by atoms with E-state index < -0.39 is 0 Å². The highest BCUT2D eigenvalue weighted by Gasteiger charge is 2.19. The van der Waals surface area contributed by atoms with Gasteiger partial charge in [0.1, 0.15) is 0 Å². The SMILES string of the molecule is CCNC(=NCc1ccc(CN2CCCC2=O)cc1)N(C)Cc1csc(C)n1.I. The van der Waals surface area contributed by atoms with Gasteiger partial charge in [-0.2, -0.15) is 0 Å². The summed E-state index contributed by atoms with van der Waals surface area (Å²) in [6.07, 6.45) is 1.67. The number of hydrogen-bond acceptors (Lipinski definition) is 4. The second-order valence-corrected chi connectivity index (χ2v) is 8.18. The number of halogens is 1. The van der Waals surface area contributed by atoms with Crippen LogP contribution in [0.4, 0.5) is 0 Å². The number of amides is 1. The molecule has 2 aromatic rings. The van der Waals surface area contributed by atoms with Gasteiger partial charge in [0.2, 0.25) is 5.91 Å². The van der Waals surface area contributed by atoms with Crippen molar-refractivity contribution in [3.8, 4) is 0 Å². The fourth-order valence-electron chi connectivity index (χ4n) is 3.28. The summed E-state index contributed by atoms with van der Waals surface area (Å²) in [5.41, 5.74) is 3.40. The summed E-state index contributed by atoms with van der Waals surface area (Å²) in [6, 6.07) is 8.41. The average molecular weight is 527 g/mol. The Kier molecular flexibility index (Phi) is 9.35. The van der Waals surface area contributed by atoms with E-state index in [1.54, 1.807) is 11.3 Å². The standard InChI is InChI=1S/C21H29N5OS.HI/c1-4-22-21(25(3)14-19-15-28-16(2)24-19)23-12-17-7-9-18(10-8-17)13-26-11-5-6-20(26)27;/h7-10,15H,4-6,11-14H2,1-3H3,(H,22,23);1H. The van der Waals surface area contributed by atoms with Crippen molar-refractivity contribution in [3.63, 3.8) is 0 Å². The Morgan fingerprint density at radius 2 is 2.03 bits per heavy atom. The van der Waals surface area contributed by atoms with E-state index in [0.29, 0.717) is 19.5 Å². The number of aliphatic imine (C=N–C) groups is 1. The highest BCUT2D eigenvalue weighted by molar-refractivity contribution is 14.0. The van der Waals surface area contributed by atoms with Crippen LogP contribution in [0.5, 0.6) is 0 Å². The fraction of sp³-hybridized carbons (Fsp3) is 0.476. The number of guanidine groups is 1. The molecule has 3 rings (SSSR count). The van der Waals surface area contributed by atoms with Gasteiger partial charge in [0.05, 0.1) is 23.8 Å². The quantitative estimate of drug-likeness (QED) is 0.338. The van der Waals surface area contributed by atoms with Crippen LogP contribution < -0.4 is 5.32 Å². The van der Waals surface area contributed by atoms with Crippen LogP contribution in [-0.2, 0) is 24.4 Å². The van der Waals surface area contributed by atoms with Gasteiger partial charge in [0, 0.05) is 38.5 Å². The molecular formula is C21H30IN5OS. The lowest BCUT2D eigenvalue weighted by Crippen LogP contribution is -2.38. The van der Waals surface area contributed by atoms with Crippen LogP contribution >= 0.6 is 35.3 Å². The second-order valence-electron chi connectivity index (χ2n) is 7.12. The molecule has 1 aliphatic rings. The van der Waals surface area contributed by atoms with Crippen LogP contribution in [0.1, 0.15) is 41.6 Å². The van der Waals surface area contributed by atoms with Gasteiger partial charge in [-0.3, -0.25) is 4.79 Å². The van der Waals surface area contributed by atoms with Gasteiger partial charge in [-0.25, -0.2) is 9.98 Å². The summed E-state index contributed by atoms with van der Waals surface area (Å²) >= 11 is 1.67. The summed E-state index contributed by atoms with van der Waals surface area (Å²) in [5.74, 6) is 1.14. The zero-order chi connectivity index (χ0) is 19.9. The number of thiazole rings is 1. The summed E-state index contributed by atoms with van der Waals surface area (Å²) in [5, 5.41) is 6.53. The Labute approximate surface area is 194 Å². The third-order valence-corrected chi connectivity index (χ3v) is 5.56. The van der Waals surface area contributed by atoms with E-state index in [2.05, 4.69) is 51.8 Å². The maximum atomic E-state index is 11.8. The van der Waals surface area contributed by atoms with E-state index in [9.17, 15) is 4.79 Å². The first kappa shape index (κ1) is 23.6. The third-order valence-electron chi connectivity index (χ3n) is 4.74. The van der Waals surface area contributed by atoms with Crippen LogP contribution in [0.25, 0.3) is 0 Å². The number of nitrogens with one attached hydrogen (secondary N) is 1. The van der Waals surface area contributed by atoms with Gasteiger partial charge >= 0.3 is 0 Å². The van der Waals surface area contributed by atoms with E-state index in [-0.39, 0.29) is 29.9 Å². The van der Waals surface area contributed by atoms with Crippen molar-refractivity contribution in [2.75, 3.05) is 20.1 Å². The third kappa shape index (κ3) is 6.95. The average Bonchev–Trinajstić information content (AvgIpc) is 3.28. The van der Waals surface area contributed by atoms with Crippen molar-refractivity contribution < 1.29 is 4.79 Å². The molecule has 1 N–H and O–H groups in total. The fourth-order valence-corrected chi connectivity index (χ4v) is 3.88. The van der Waals surface area contributed by atoms with Gasteiger partial charge < -0.3 is 15.1 Å². The molecule has 2 heterocycles. The van der Waals surface area contributed by atoms with Crippen LogP contribution in [0, 0.1) is 6.92 Å². The molecule has 1 fully saturated rings. The maximum Gasteiger partial charge on any atom is 0.222 e. The number of likely N-dealkylation sites (tertiary alicyclic amines) is 1. The van der Waals surface area contributed by atoms with Crippen molar-refractivity contribution in [2.24, 2.45) is 4.99 Å². The Bertz CT molecular complexity index is 821. The zero-order valence-corrected chi connectivity index (χ0v) is 20.5. The lowest BCUT2D eigenvalue weighted by Gasteiger charge is -2.21. The van der Waals surface area contributed by atoms with Gasteiger partial charge in [0.25, 0.3) is 0 Å². The first-order chi connectivity index (χ1) is 13.5. The Morgan fingerprint density at radius 3 is 2.62 bits per heavy atom. The molecule has 0 radical (unpaired) electrons. The first-order valence-corrected chi connectivity index (χ1v) is 10.7. The highest BCUT2D eigenvalue weighted by atomic mass is 127. The first-order valence-electron chi connectivity index (χ1n) is 9.81. The molecule has 0 unspecified atom stereocenters. The molecule has 158 valence electrons. The summed E-state index contributed by atoms with van der Waals surface area (Å²) in [4.78, 5) is 25.1. The smallest absolute Gasteiger partial charge is 0.222 e. The summed E-state index contributed by atoms with van der Waals surface area (Å²) in [6.45, 7) is 7.86. The van der Waals surface area contributed by atoms with Crippen molar-refractivity contribution in [3.05, 3.63) is 51.5 Å². The lowest BCUT2D eigenvalue weighted by atomic mass is 10.1. The van der Waals surface area contributed by atoms with Gasteiger partial charge in [-0.15, -0.1) is 35.3 Å². The van der Waals surface area contributed by atoms with Gasteiger partial charge in [-0.1, -0.05) is 24.3 Å². The topological polar surface area (TPSA) is 60.8 Å². The molecule has 0 spiro atoms. The van der Waals surface area contributed by atoms with E-state index in [1.165, 1.54) is 5.56 Å². The molecule has 1 saturated heterocycles. The highest BCUT2D eigenvalue weighted by Crippen LogP contribution is 2.15. The molecule has 29 heavy (non-hydrogen) atoms. The molecule has 8 heteroatoms. The molecule has 0 saturated carbocycles. The van der Waals surface area contributed by atoms with Crippen LogP contribution in [0.3, 0.4) is 0 Å². The van der Waals surface area contributed by atoms with Crippen LogP contribution in [0.15, 0.2) is 34.6 Å². The van der Waals surface area contributed by atoms with Gasteiger partial charge in [-0.05, 0) is 31.4 Å². The molecule has 1 amide bonds. The largest absolute Gasteiger partial charge is 0.357 e. The number of aromatic nitrogens is 1. The molecule has 0 atom stereocenters. The number of carbonyl (C=O) groups excluding carboxylic acids is 1. The molecule has 6 nitrogen and oxygen atoms in total. The van der Waals surface area contributed by atoms with Crippen LogP contribution in [0.2, 0.25) is 0 Å².